The van der Waals surface area contributed by atoms with Crippen LogP contribution in [0.25, 0.3) is 10.9 Å². The minimum Gasteiger partial charge on any atom is -0.396 e. The van der Waals surface area contributed by atoms with E-state index < -0.39 is 28.9 Å². The first-order valence-corrected chi connectivity index (χ1v) is 7.25. The van der Waals surface area contributed by atoms with Gasteiger partial charge >= 0.3 is 5.69 Å². The number of halogens is 3. The van der Waals surface area contributed by atoms with Gasteiger partial charge in [0.15, 0.2) is 0 Å². The van der Waals surface area contributed by atoms with Gasteiger partial charge in [-0.1, -0.05) is 0 Å². The topological polar surface area (TPSA) is 70.0 Å². The number of hydrogen-bond acceptors (Lipinski definition) is 3. The Bertz CT molecular complexity index is 915. The Labute approximate surface area is 129 Å². The highest BCUT2D eigenvalue weighted by molar-refractivity contribution is 5.82. The zero-order valence-electron chi connectivity index (χ0n) is 12.6. The molecule has 0 radical (unpaired) electrons. The van der Waals surface area contributed by atoms with E-state index in [0.29, 0.717) is 0 Å². The SMILES string of the molecule is CC(C)n1c(=O)n(CC2CC2(F)F)c(=O)c2cc(N)c(F)cc21. The lowest BCUT2D eigenvalue weighted by molar-refractivity contribution is 0.0945. The molecule has 0 bridgehead atoms. The van der Waals surface area contributed by atoms with Crippen LogP contribution >= 0.6 is 0 Å². The molecule has 1 aromatic carbocycles. The lowest BCUT2D eigenvalue weighted by Gasteiger charge is -2.17. The number of anilines is 1. The number of nitrogens with two attached hydrogens (primary N) is 1. The van der Waals surface area contributed by atoms with Crippen LogP contribution in [0, 0.1) is 11.7 Å². The lowest BCUT2D eigenvalue weighted by Crippen LogP contribution is -2.41. The monoisotopic (exact) mass is 327 g/mol. The summed E-state index contributed by atoms with van der Waals surface area (Å²) in [4.78, 5) is 25.0. The van der Waals surface area contributed by atoms with Gasteiger partial charge in [0.2, 0.25) is 0 Å². The minimum absolute atomic E-state index is 0.0427. The molecule has 0 spiro atoms. The zero-order chi connectivity index (χ0) is 17.1. The molecule has 23 heavy (non-hydrogen) atoms. The van der Waals surface area contributed by atoms with Crippen molar-refractivity contribution in [3.05, 3.63) is 38.8 Å². The Balaban J connectivity index is 2.31. The first-order chi connectivity index (χ1) is 10.6. The molecule has 1 fully saturated rings. The summed E-state index contributed by atoms with van der Waals surface area (Å²) in [6.07, 6.45) is -0.343. The maximum Gasteiger partial charge on any atom is 0.331 e. The summed E-state index contributed by atoms with van der Waals surface area (Å²) in [6, 6.07) is 1.80. The fourth-order valence-electron chi connectivity index (χ4n) is 2.76. The second-order valence-electron chi connectivity index (χ2n) is 6.22. The van der Waals surface area contributed by atoms with Gasteiger partial charge in [-0.15, -0.1) is 0 Å². The second kappa shape index (κ2) is 4.87. The van der Waals surface area contributed by atoms with Crippen molar-refractivity contribution in [1.29, 1.82) is 0 Å². The highest BCUT2D eigenvalue weighted by Crippen LogP contribution is 2.49. The van der Waals surface area contributed by atoms with Crippen molar-refractivity contribution in [2.75, 3.05) is 5.73 Å². The molecular formula is C15H16F3N3O2. The van der Waals surface area contributed by atoms with Crippen LogP contribution < -0.4 is 17.0 Å². The molecular weight excluding hydrogens is 311 g/mol. The van der Waals surface area contributed by atoms with Crippen LogP contribution in [0.1, 0.15) is 26.3 Å². The van der Waals surface area contributed by atoms with E-state index in [4.69, 9.17) is 5.73 Å². The van der Waals surface area contributed by atoms with Crippen LogP contribution in [0.4, 0.5) is 18.9 Å². The molecule has 1 heterocycles. The molecule has 1 aliphatic carbocycles. The predicted molar refractivity (Wildman–Crippen MR) is 80.3 cm³/mol. The molecule has 1 aromatic heterocycles. The Morgan fingerprint density at radius 2 is 1.96 bits per heavy atom. The van der Waals surface area contributed by atoms with Gasteiger partial charge in [0.1, 0.15) is 5.82 Å². The minimum atomic E-state index is -2.84. The third-order valence-corrected chi connectivity index (χ3v) is 4.16. The summed E-state index contributed by atoms with van der Waals surface area (Å²) in [5.74, 6) is -4.60. The van der Waals surface area contributed by atoms with Gasteiger partial charge in [0, 0.05) is 31.0 Å². The van der Waals surface area contributed by atoms with Gasteiger partial charge in [-0.25, -0.2) is 18.0 Å². The van der Waals surface area contributed by atoms with E-state index in [1.165, 1.54) is 4.57 Å². The molecule has 2 aromatic rings. The van der Waals surface area contributed by atoms with Gasteiger partial charge in [0.25, 0.3) is 11.5 Å². The maximum atomic E-state index is 13.7. The van der Waals surface area contributed by atoms with Crippen molar-refractivity contribution in [2.45, 2.75) is 38.8 Å². The van der Waals surface area contributed by atoms with Gasteiger partial charge in [-0.05, 0) is 19.9 Å². The summed E-state index contributed by atoms with van der Waals surface area (Å²) in [5, 5.41) is 0.0427. The number of nitrogens with zero attached hydrogens (tertiary/aromatic N) is 2. The average molecular weight is 327 g/mol. The summed E-state index contributed by atoms with van der Waals surface area (Å²) in [5.41, 5.74) is 3.93. The third kappa shape index (κ3) is 2.42. The van der Waals surface area contributed by atoms with E-state index in [1.54, 1.807) is 13.8 Å². The van der Waals surface area contributed by atoms with Crippen molar-refractivity contribution in [1.82, 2.24) is 9.13 Å². The van der Waals surface area contributed by atoms with E-state index in [-0.39, 0.29) is 35.6 Å². The molecule has 0 amide bonds. The van der Waals surface area contributed by atoms with Gasteiger partial charge < -0.3 is 5.73 Å². The highest BCUT2D eigenvalue weighted by Gasteiger charge is 2.57. The molecule has 0 saturated heterocycles. The summed E-state index contributed by atoms with van der Waals surface area (Å²) < 4.78 is 42.0. The molecule has 1 aliphatic rings. The van der Waals surface area contributed by atoms with Crippen molar-refractivity contribution in [2.24, 2.45) is 5.92 Å². The number of benzene rings is 1. The van der Waals surface area contributed by atoms with E-state index in [2.05, 4.69) is 0 Å². The van der Waals surface area contributed by atoms with E-state index in [0.717, 1.165) is 16.7 Å². The van der Waals surface area contributed by atoms with E-state index in [9.17, 15) is 22.8 Å². The normalized spacial score (nSPS) is 19.5. The smallest absolute Gasteiger partial charge is 0.331 e. The van der Waals surface area contributed by atoms with Crippen LogP contribution in [0.3, 0.4) is 0 Å². The Morgan fingerprint density at radius 1 is 1.35 bits per heavy atom. The quantitative estimate of drug-likeness (QED) is 0.878. The van der Waals surface area contributed by atoms with Crippen LogP contribution in [-0.4, -0.2) is 15.1 Å². The molecule has 1 unspecified atom stereocenters. The van der Waals surface area contributed by atoms with E-state index >= 15 is 0 Å². The molecule has 0 aliphatic heterocycles. The standard InChI is InChI=1S/C15H16F3N3O2/c1-7(2)21-12-4-10(16)11(19)3-9(12)13(22)20(14(21)23)6-8-5-15(8,17)18/h3-4,7-8H,5-6,19H2,1-2H3. The number of alkyl halides is 2. The number of aromatic nitrogens is 2. The molecule has 2 N–H and O–H groups in total. The van der Waals surface area contributed by atoms with Crippen LogP contribution in [-0.2, 0) is 6.54 Å². The number of nitrogen functional groups attached to an aromatic ring is 1. The van der Waals surface area contributed by atoms with Crippen LogP contribution in [0.15, 0.2) is 21.7 Å². The molecule has 8 heteroatoms. The Kier molecular flexibility index (Phi) is 3.31. The van der Waals surface area contributed by atoms with Gasteiger partial charge in [-0.3, -0.25) is 13.9 Å². The summed E-state index contributed by atoms with van der Waals surface area (Å²) in [6.45, 7) is 3.02. The second-order valence-corrected chi connectivity index (χ2v) is 6.22. The van der Waals surface area contributed by atoms with Crippen molar-refractivity contribution >= 4 is 16.6 Å². The number of fused-ring (bicyclic) bond motifs is 1. The lowest BCUT2D eigenvalue weighted by atomic mass is 10.2. The zero-order valence-corrected chi connectivity index (χ0v) is 12.6. The molecule has 124 valence electrons. The highest BCUT2D eigenvalue weighted by atomic mass is 19.3. The largest absolute Gasteiger partial charge is 0.396 e. The summed E-state index contributed by atoms with van der Waals surface area (Å²) in [7, 11) is 0. The Hall–Kier alpha value is -2.25. The molecule has 1 atom stereocenters. The molecule has 3 rings (SSSR count). The van der Waals surface area contributed by atoms with Crippen molar-refractivity contribution in [3.63, 3.8) is 0 Å². The average Bonchev–Trinajstić information content (AvgIpc) is 3.04. The van der Waals surface area contributed by atoms with Gasteiger partial charge in [0.05, 0.1) is 16.6 Å². The number of rotatable bonds is 3. The molecule has 5 nitrogen and oxygen atoms in total. The summed E-state index contributed by atoms with van der Waals surface area (Å²) >= 11 is 0. The molecule has 1 saturated carbocycles. The Morgan fingerprint density at radius 3 is 2.48 bits per heavy atom. The first-order valence-electron chi connectivity index (χ1n) is 7.25. The third-order valence-electron chi connectivity index (χ3n) is 4.16. The fourth-order valence-corrected chi connectivity index (χ4v) is 2.76. The van der Waals surface area contributed by atoms with Gasteiger partial charge in [-0.2, -0.15) is 0 Å². The van der Waals surface area contributed by atoms with Crippen molar-refractivity contribution < 1.29 is 13.2 Å². The fraction of sp³-hybridized carbons (Fsp3) is 0.467. The first kappa shape index (κ1) is 15.6. The predicted octanol–water partition coefficient (Wildman–Crippen LogP) is 2.12. The van der Waals surface area contributed by atoms with E-state index in [1.807, 2.05) is 0 Å². The maximum absolute atomic E-state index is 13.7. The number of hydrogen-bond donors (Lipinski definition) is 1. The van der Waals surface area contributed by atoms with Crippen LogP contribution in [0.2, 0.25) is 0 Å². The van der Waals surface area contributed by atoms with Crippen LogP contribution in [0.5, 0.6) is 0 Å². The van der Waals surface area contributed by atoms with Crippen molar-refractivity contribution in [3.8, 4) is 0 Å².